The molecule has 0 unspecified atom stereocenters. The van der Waals surface area contributed by atoms with Gasteiger partial charge in [0.2, 0.25) is 5.91 Å². The number of aromatic nitrogens is 3. The van der Waals surface area contributed by atoms with Gasteiger partial charge in [-0.25, -0.2) is 4.98 Å². The number of hydrogen-bond donors (Lipinski definition) is 1. The van der Waals surface area contributed by atoms with Gasteiger partial charge in [-0.3, -0.25) is 9.89 Å². The van der Waals surface area contributed by atoms with Gasteiger partial charge >= 0.3 is 0 Å². The van der Waals surface area contributed by atoms with Crippen molar-refractivity contribution in [2.24, 2.45) is 5.92 Å². The number of carbonyl (C=O) groups is 1. The standard InChI is InChI=1S/C20H28N4O2/c1-4-16(5-2)20(25)24-12-17(26-13-15-9-7-6-8-10-15)11-18(24)19-21-14(3)22-23-19/h6-10,16-18H,4-5,11-13H2,1-3H3,(H,21,22,23)/t17-,18-/m0/s1. The number of aromatic amines is 1. The predicted octanol–water partition coefficient (Wildman–Crippen LogP) is 3.41. The molecule has 2 aromatic rings. The van der Waals surface area contributed by atoms with E-state index in [2.05, 4.69) is 41.2 Å². The summed E-state index contributed by atoms with van der Waals surface area (Å²) in [4.78, 5) is 19.4. The maximum absolute atomic E-state index is 13.0. The zero-order chi connectivity index (χ0) is 18.5. The average molecular weight is 356 g/mol. The van der Waals surface area contributed by atoms with Gasteiger partial charge in [0.1, 0.15) is 5.82 Å². The molecule has 0 spiro atoms. The van der Waals surface area contributed by atoms with E-state index in [1.807, 2.05) is 30.0 Å². The Labute approximate surface area is 155 Å². The minimum Gasteiger partial charge on any atom is -0.372 e. The van der Waals surface area contributed by atoms with E-state index >= 15 is 0 Å². The number of aryl methyl sites for hydroxylation is 1. The lowest BCUT2D eigenvalue weighted by Gasteiger charge is -2.26. The minimum absolute atomic E-state index is 0.00248. The molecule has 140 valence electrons. The molecule has 26 heavy (non-hydrogen) atoms. The topological polar surface area (TPSA) is 71.1 Å². The monoisotopic (exact) mass is 356 g/mol. The second kappa shape index (κ2) is 8.45. The number of nitrogens with one attached hydrogen (secondary N) is 1. The van der Waals surface area contributed by atoms with Gasteiger partial charge in [-0.05, 0) is 25.3 Å². The molecule has 3 rings (SSSR count). The molecule has 2 atom stereocenters. The van der Waals surface area contributed by atoms with Crippen molar-refractivity contribution in [3.63, 3.8) is 0 Å². The molecular weight excluding hydrogens is 328 g/mol. The van der Waals surface area contributed by atoms with Gasteiger partial charge in [0, 0.05) is 18.9 Å². The van der Waals surface area contributed by atoms with Crippen LogP contribution >= 0.6 is 0 Å². The van der Waals surface area contributed by atoms with Crippen molar-refractivity contribution in [1.82, 2.24) is 20.1 Å². The largest absolute Gasteiger partial charge is 0.372 e. The highest BCUT2D eigenvalue weighted by molar-refractivity contribution is 5.79. The van der Waals surface area contributed by atoms with Crippen LogP contribution in [0.5, 0.6) is 0 Å². The molecule has 1 amide bonds. The van der Waals surface area contributed by atoms with Crippen molar-refractivity contribution in [2.45, 2.75) is 58.8 Å². The molecule has 0 saturated carbocycles. The molecule has 2 heterocycles. The second-order valence-corrected chi connectivity index (χ2v) is 6.95. The van der Waals surface area contributed by atoms with E-state index in [4.69, 9.17) is 4.74 Å². The Balaban J connectivity index is 1.73. The molecule has 1 aromatic carbocycles. The zero-order valence-electron chi connectivity index (χ0n) is 15.8. The molecule has 1 aliphatic heterocycles. The van der Waals surface area contributed by atoms with Gasteiger partial charge in [0.05, 0.1) is 18.8 Å². The third kappa shape index (κ3) is 4.12. The fraction of sp³-hybridized carbons (Fsp3) is 0.550. The van der Waals surface area contributed by atoms with Crippen LogP contribution in [-0.2, 0) is 16.1 Å². The van der Waals surface area contributed by atoms with Crippen LogP contribution in [0.1, 0.15) is 56.4 Å². The maximum Gasteiger partial charge on any atom is 0.226 e. The lowest BCUT2D eigenvalue weighted by molar-refractivity contribution is -0.137. The molecule has 1 aliphatic rings. The summed E-state index contributed by atoms with van der Waals surface area (Å²) in [5.41, 5.74) is 1.14. The van der Waals surface area contributed by atoms with Crippen molar-refractivity contribution in [1.29, 1.82) is 0 Å². The first-order chi connectivity index (χ1) is 12.6. The first-order valence-corrected chi connectivity index (χ1v) is 9.47. The molecule has 0 radical (unpaired) electrons. The van der Waals surface area contributed by atoms with Crippen molar-refractivity contribution in [2.75, 3.05) is 6.54 Å². The summed E-state index contributed by atoms with van der Waals surface area (Å²) in [6.45, 7) is 7.16. The van der Waals surface area contributed by atoms with E-state index in [1.54, 1.807) is 0 Å². The summed E-state index contributed by atoms with van der Waals surface area (Å²) in [5, 5.41) is 7.20. The molecule has 6 nitrogen and oxygen atoms in total. The Morgan fingerprint density at radius 1 is 1.31 bits per heavy atom. The van der Waals surface area contributed by atoms with Gasteiger partial charge in [-0.2, -0.15) is 5.10 Å². The maximum atomic E-state index is 13.0. The number of rotatable bonds is 7. The molecular formula is C20H28N4O2. The van der Waals surface area contributed by atoms with E-state index in [-0.39, 0.29) is 24.0 Å². The zero-order valence-corrected chi connectivity index (χ0v) is 15.8. The number of benzene rings is 1. The highest BCUT2D eigenvalue weighted by Gasteiger charge is 2.40. The molecule has 1 aromatic heterocycles. The lowest BCUT2D eigenvalue weighted by atomic mass is 10.0. The van der Waals surface area contributed by atoms with E-state index in [0.29, 0.717) is 19.0 Å². The number of nitrogens with zero attached hydrogens (tertiary/aromatic N) is 3. The number of H-pyrrole nitrogens is 1. The first kappa shape index (κ1) is 18.6. The second-order valence-electron chi connectivity index (χ2n) is 6.95. The van der Waals surface area contributed by atoms with Crippen LogP contribution < -0.4 is 0 Å². The molecule has 0 bridgehead atoms. The number of likely N-dealkylation sites (tertiary alicyclic amines) is 1. The Morgan fingerprint density at radius 3 is 2.65 bits per heavy atom. The van der Waals surface area contributed by atoms with Crippen LogP contribution in [0.2, 0.25) is 0 Å². The van der Waals surface area contributed by atoms with Crippen LogP contribution in [-0.4, -0.2) is 38.6 Å². The Hall–Kier alpha value is -2.21. The van der Waals surface area contributed by atoms with E-state index < -0.39 is 0 Å². The Morgan fingerprint density at radius 2 is 2.04 bits per heavy atom. The number of hydrogen-bond acceptors (Lipinski definition) is 4. The van der Waals surface area contributed by atoms with Gasteiger partial charge in [0.15, 0.2) is 5.82 Å². The van der Waals surface area contributed by atoms with E-state index in [9.17, 15) is 4.79 Å². The lowest BCUT2D eigenvalue weighted by Crippen LogP contribution is -2.37. The molecule has 1 saturated heterocycles. The first-order valence-electron chi connectivity index (χ1n) is 9.47. The average Bonchev–Trinajstić information content (AvgIpc) is 3.28. The van der Waals surface area contributed by atoms with Gasteiger partial charge in [-0.15, -0.1) is 0 Å². The van der Waals surface area contributed by atoms with Crippen molar-refractivity contribution in [3.8, 4) is 0 Å². The minimum atomic E-state index is -0.117. The van der Waals surface area contributed by atoms with E-state index in [1.165, 1.54) is 0 Å². The van der Waals surface area contributed by atoms with Gasteiger partial charge < -0.3 is 9.64 Å². The van der Waals surface area contributed by atoms with Gasteiger partial charge in [0.25, 0.3) is 0 Å². The van der Waals surface area contributed by atoms with Crippen molar-refractivity contribution >= 4 is 5.91 Å². The predicted molar refractivity (Wildman–Crippen MR) is 99.3 cm³/mol. The Kier molecular flexibility index (Phi) is 6.04. The smallest absolute Gasteiger partial charge is 0.226 e. The van der Waals surface area contributed by atoms with Crippen LogP contribution in [0.4, 0.5) is 0 Å². The Bertz CT molecular complexity index is 712. The molecule has 1 N–H and O–H groups in total. The normalized spacial score (nSPS) is 20.1. The summed E-state index contributed by atoms with van der Waals surface area (Å²) in [7, 11) is 0. The van der Waals surface area contributed by atoms with Crippen LogP contribution in [0.25, 0.3) is 0 Å². The molecule has 1 fully saturated rings. The summed E-state index contributed by atoms with van der Waals surface area (Å²) in [6, 6.07) is 10.0. The highest BCUT2D eigenvalue weighted by Crippen LogP contribution is 2.34. The summed E-state index contributed by atoms with van der Waals surface area (Å²) < 4.78 is 6.12. The molecule has 0 aliphatic carbocycles. The third-order valence-corrected chi connectivity index (χ3v) is 5.12. The van der Waals surface area contributed by atoms with E-state index in [0.717, 1.165) is 30.7 Å². The summed E-state index contributed by atoms with van der Waals surface area (Å²) in [6.07, 6.45) is 2.43. The van der Waals surface area contributed by atoms with Crippen LogP contribution in [0.15, 0.2) is 30.3 Å². The van der Waals surface area contributed by atoms with Crippen LogP contribution in [0.3, 0.4) is 0 Å². The summed E-state index contributed by atoms with van der Waals surface area (Å²) in [5.74, 6) is 1.69. The number of carbonyl (C=O) groups excluding carboxylic acids is 1. The quantitative estimate of drug-likeness (QED) is 0.825. The SMILES string of the molecule is CCC(CC)C(=O)N1C[C@@H](OCc2ccccc2)C[C@H]1c1n[nH]c(C)n1. The van der Waals surface area contributed by atoms with Crippen LogP contribution in [0, 0.1) is 12.8 Å². The fourth-order valence-electron chi connectivity index (χ4n) is 3.58. The van der Waals surface area contributed by atoms with Crippen molar-refractivity contribution in [3.05, 3.63) is 47.5 Å². The third-order valence-electron chi connectivity index (χ3n) is 5.12. The van der Waals surface area contributed by atoms with Gasteiger partial charge in [-0.1, -0.05) is 44.2 Å². The summed E-state index contributed by atoms with van der Waals surface area (Å²) >= 11 is 0. The molecule has 6 heteroatoms. The number of amides is 1. The number of ether oxygens (including phenoxy) is 1. The fourth-order valence-corrected chi connectivity index (χ4v) is 3.58. The highest BCUT2D eigenvalue weighted by atomic mass is 16.5. The van der Waals surface area contributed by atoms with Crippen molar-refractivity contribution < 1.29 is 9.53 Å².